The molecular formula is C18H26F3NO3. The zero-order valence-electron chi connectivity index (χ0n) is 15.1. The molecule has 7 heteroatoms. The molecule has 0 radical (unpaired) electrons. The molecule has 0 spiro atoms. The fourth-order valence-electron chi connectivity index (χ4n) is 2.07. The average molecular weight is 361 g/mol. The molecule has 142 valence electrons. The van der Waals surface area contributed by atoms with Crippen molar-refractivity contribution in [3.63, 3.8) is 0 Å². The molecule has 0 aliphatic carbocycles. The second-order valence-electron chi connectivity index (χ2n) is 7.05. The molecule has 0 unspecified atom stereocenters. The standard InChI is InChI=1S/C18H26F3NO3/c1-17(2,3)9-10-22-16(23)8-6-13-5-7-14(15(11-13)24-4)25-12-18(19,20)21/h5,7,11H,6,8-10,12H2,1-4H3,(H,22,23). The van der Waals surface area contributed by atoms with E-state index in [1.54, 1.807) is 12.1 Å². The summed E-state index contributed by atoms with van der Waals surface area (Å²) >= 11 is 0. The van der Waals surface area contributed by atoms with Gasteiger partial charge in [-0.1, -0.05) is 26.8 Å². The maximum absolute atomic E-state index is 12.2. The molecule has 1 aromatic carbocycles. The van der Waals surface area contributed by atoms with Crippen LogP contribution in [-0.2, 0) is 11.2 Å². The number of aryl methyl sites for hydroxylation is 1. The van der Waals surface area contributed by atoms with Crippen molar-refractivity contribution >= 4 is 5.91 Å². The van der Waals surface area contributed by atoms with Gasteiger partial charge in [0.2, 0.25) is 5.91 Å². The number of rotatable bonds is 8. The number of amides is 1. The van der Waals surface area contributed by atoms with Crippen LogP contribution in [0.25, 0.3) is 0 Å². The van der Waals surface area contributed by atoms with Gasteiger partial charge in [0.05, 0.1) is 7.11 Å². The topological polar surface area (TPSA) is 47.6 Å². The zero-order chi connectivity index (χ0) is 19.1. The van der Waals surface area contributed by atoms with E-state index in [1.165, 1.54) is 13.2 Å². The van der Waals surface area contributed by atoms with Gasteiger partial charge < -0.3 is 14.8 Å². The molecule has 1 N–H and O–H groups in total. The van der Waals surface area contributed by atoms with Crippen molar-refractivity contribution in [2.75, 3.05) is 20.3 Å². The Bertz CT molecular complexity index is 566. The second kappa shape index (κ2) is 8.97. The molecule has 1 amide bonds. The number of methoxy groups -OCH3 is 1. The van der Waals surface area contributed by atoms with Crippen molar-refractivity contribution in [1.29, 1.82) is 0 Å². The summed E-state index contributed by atoms with van der Waals surface area (Å²) in [6, 6.07) is 4.65. The Labute approximate surface area is 146 Å². The van der Waals surface area contributed by atoms with E-state index in [0.29, 0.717) is 19.4 Å². The summed E-state index contributed by atoms with van der Waals surface area (Å²) in [5.41, 5.74) is 0.953. The SMILES string of the molecule is COc1cc(CCC(=O)NCCC(C)(C)C)ccc1OCC(F)(F)F. The third kappa shape index (κ3) is 9.22. The minimum atomic E-state index is -4.41. The molecule has 25 heavy (non-hydrogen) atoms. The number of hydrogen-bond acceptors (Lipinski definition) is 3. The minimum absolute atomic E-state index is 0.0261. The van der Waals surface area contributed by atoms with E-state index in [2.05, 4.69) is 26.1 Å². The third-order valence-electron chi connectivity index (χ3n) is 3.46. The summed E-state index contributed by atoms with van der Waals surface area (Å²) in [7, 11) is 1.36. The van der Waals surface area contributed by atoms with Crippen LogP contribution in [0.5, 0.6) is 11.5 Å². The van der Waals surface area contributed by atoms with Crippen LogP contribution in [0.3, 0.4) is 0 Å². The molecule has 1 aromatic rings. The number of carbonyl (C=O) groups excluding carboxylic acids is 1. The van der Waals surface area contributed by atoms with Crippen molar-refractivity contribution in [3.8, 4) is 11.5 Å². The van der Waals surface area contributed by atoms with Crippen molar-refractivity contribution in [2.24, 2.45) is 5.41 Å². The van der Waals surface area contributed by atoms with Crippen molar-refractivity contribution in [3.05, 3.63) is 23.8 Å². The van der Waals surface area contributed by atoms with Gasteiger partial charge in [-0.15, -0.1) is 0 Å². The number of benzene rings is 1. The number of carbonyl (C=O) groups is 1. The van der Waals surface area contributed by atoms with Crippen molar-refractivity contribution in [1.82, 2.24) is 5.32 Å². The van der Waals surface area contributed by atoms with E-state index in [4.69, 9.17) is 9.47 Å². The van der Waals surface area contributed by atoms with E-state index in [1.807, 2.05) is 0 Å². The Morgan fingerprint density at radius 2 is 1.84 bits per heavy atom. The van der Waals surface area contributed by atoms with Gasteiger partial charge in [0.15, 0.2) is 18.1 Å². The van der Waals surface area contributed by atoms with E-state index in [-0.39, 0.29) is 22.8 Å². The van der Waals surface area contributed by atoms with Gasteiger partial charge in [0.25, 0.3) is 0 Å². The fourth-order valence-corrected chi connectivity index (χ4v) is 2.07. The van der Waals surface area contributed by atoms with Crippen LogP contribution in [0.4, 0.5) is 13.2 Å². The van der Waals surface area contributed by atoms with Crippen molar-refractivity contribution in [2.45, 2.75) is 46.2 Å². The summed E-state index contributed by atoms with van der Waals surface area (Å²) in [6.45, 7) is 5.56. The smallest absolute Gasteiger partial charge is 0.422 e. The maximum Gasteiger partial charge on any atom is 0.422 e. The van der Waals surface area contributed by atoms with Crippen LogP contribution in [0.1, 0.15) is 39.2 Å². The van der Waals surface area contributed by atoms with Gasteiger partial charge in [0, 0.05) is 13.0 Å². The summed E-state index contributed by atoms with van der Waals surface area (Å²) in [4.78, 5) is 11.8. The minimum Gasteiger partial charge on any atom is -0.493 e. The van der Waals surface area contributed by atoms with Crippen LogP contribution in [-0.4, -0.2) is 32.3 Å². The molecule has 0 aromatic heterocycles. The van der Waals surface area contributed by atoms with Gasteiger partial charge >= 0.3 is 6.18 Å². The van der Waals surface area contributed by atoms with Gasteiger partial charge in [-0.25, -0.2) is 0 Å². The summed E-state index contributed by atoms with van der Waals surface area (Å²) < 4.78 is 46.5. The van der Waals surface area contributed by atoms with Crippen LogP contribution >= 0.6 is 0 Å². The number of ether oxygens (including phenoxy) is 2. The molecule has 0 bridgehead atoms. The second-order valence-corrected chi connectivity index (χ2v) is 7.05. The molecule has 0 saturated carbocycles. The van der Waals surface area contributed by atoms with Crippen LogP contribution in [0, 0.1) is 5.41 Å². The number of nitrogens with one attached hydrogen (secondary N) is 1. The molecule has 0 aliphatic rings. The number of hydrogen-bond donors (Lipinski definition) is 1. The van der Waals surface area contributed by atoms with E-state index in [0.717, 1.165) is 12.0 Å². The highest BCUT2D eigenvalue weighted by molar-refractivity contribution is 5.76. The molecule has 1 rings (SSSR count). The number of halogens is 3. The largest absolute Gasteiger partial charge is 0.493 e. The highest BCUT2D eigenvalue weighted by Crippen LogP contribution is 2.30. The maximum atomic E-state index is 12.2. The van der Waals surface area contributed by atoms with E-state index < -0.39 is 12.8 Å². The normalized spacial score (nSPS) is 12.0. The summed E-state index contributed by atoms with van der Waals surface area (Å²) in [6.07, 6.45) is -2.75. The molecule has 0 fully saturated rings. The van der Waals surface area contributed by atoms with Gasteiger partial charge in [-0.2, -0.15) is 13.2 Å². The Balaban J connectivity index is 2.52. The molecule has 0 heterocycles. The van der Waals surface area contributed by atoms with E-state index in [9.17, 15) is 18.0 Å². The third-order valence-corrected chi connectivity index (χ3v) is 3.46. The summed E-state index contributed by atoms with van der Waals surface area (Å²) in [5.74, 6) is 0.189. The predicted octanol–water partition coefficient (Wildman–Crippen LogP) is 4.12. The van der Waals surface area contributed by atoms with Crippen LogP contribution in [0.2, 0.25) is 0 Å². The molecule has 0 aliphatic heterocycles. The van der Waals surface area contributed by atoms with Crippen molar-refractivity contribution < 1.29 is 27.4 Å². The van der Waals surface area contributed by atoms with Gasteiger partial charge in [0.1, 0.15) is 0 Å². The lowest BCUT2D eigenvalue weighted by Crippen LogP contribution is -2.27. The Hall–Kier alpha value is -1.92. The molecule has 0 saturated heterocycles. The first-order valence-corrected chi connectivity index (χ1v) is 8.13. The monoisotopic (exact) mass is 361 g/mol. The molecule has 0 atom stereocenters. The fraction of sp³-hybridized carbons (Fsp3) is 0.611. The van der Waals surface area contributed by atoms with Gasteiger partial charge in [-0.3, -0.25) is 4.79 Å². The molecular weight excluding hydrogens is 335 g/mol. The van der Waals surface area contributed by atoms with Crippen LogP contribution in [0.15, 0.2) is 18.2 Å². The lowest BCUT2D eigenvalue weighted by Gasteiger charge is -2.18. The first-order chi connectivity index (χ1) is 11.5. The highest BCUT2D eigenvalue weighted by atomic mass is 19.4. The first kappa shape index (κ1) is 21.1. The lowest BCUT2D eigenvalue weighted by atomic mass is 9.92. The predicted molar refractivity (Wildman–Crippen MR) is 89.9 cm³/mol. The Morgan fingerprint density at radius 3 is 2.40 bits per heavy atom. The average Bonchev–Trinajstić information content (AvgIpc) is 2.49. The quantitative estimate of drug-likeness (QED) is 0.758. The van der Waals surface area contributed by atoms with E-state index >= 15 is 0 Å². The Morgan fingerprint density at radius 1 is 1.16 bits per heavy atom. The number of alkyl halides is 3. The van der Waals surface area contributed by atoms with Gasteiger partial charge in [-0.05, 0) is 36.0 Å². The zero-order valence-corrected chi connectivity index (χ0v) is 15.1. The lowest BCUT2D eigenvalue weighted by molar-refractivity contribution is -0.153. The highest BCUT2D eigenvalue weighted by Gasteiger charge is 2.29. The van der Waals surface area contributed by atoms with Crippen LogP contribution < -0.4 is 14.8 Å². The first-order valence-electron chi connectivity index (χ1n) is 8.13. The Kier molecular flexibility index (Phi) is 7.58. The molecule has 4 nitrogen and oxygen atoms in total. The summed E-state index contributed by atoms with van der Waals surface area (Å²) in [5, 5.41) is 2.87.